The van der Waals surface area contributed by atoms with Gasteiger partial charge in [-0.3, -0.25) is 0 Å². The molecule has 3 rings (SSSR count). The molecule has 102 valence electrons. The molecule has 0 atom stereocenters. The van der Waals surface area contributed by atoms with Gasteiger partial charge in [-0.25, -0.2) is 0 Å². The number of rotatable bonds is 0. The van der Waals surface area contributed by atoms with Gasteiger partial charge < -0.3 is 9.30 Å². The van der Waals surface area contributed by atoms with E-state index in [2.05, 4.69) is 63.6 Å². The molecule has 0 radical (unpaired) electrons. The molecule has 19 heavy (non-hydrogen) atoms. The molecule has 2 aromatic rings. The Labute approximate surface area is 115 Å². The van der Waals surface area contributed by atoms with E-state index >= 15 is 0 Å². The number of para-hydroxylation sites is 1. The molecule has 2 heterocycles. The third kappa shape index (κ3) is 2.03. The maximum absolute atomic E-state index is 6.04. The number of nitrogens with zero attached hydrogens (tertiary/aromatic N) is 1. The van der Waals surface area contributed by atoms with Gasteiger partial charge in [0.25, 0.3) is 0 Å². The molecule has 1 aromatic carbocycles. The number of hydrogen-bond acceptors (Lipinski definition) is 1. The monoisotopic (exact) mass is 257 g/mol. The summed E-state index contributed by atoms with van der Waals surface area (Å²) < 4.78 is 8.43. The highest BCUT2D eigenvalue weighted by Crippen LogP contribution is 2.39. The average Bonchev–Trinajstić information content (AvgIpc) is 2.58. The maximum atomic E-state index is 6.04. The van der Waals surface area contributed by atoms with Gasteiger partial charge >= 0.3 is 0 Å². The number of ether oxygens (including phenoxy) is 1. The van der Waals surface area contributed by atoms with Crippen LogP contribution in [0, 0.1) is 5.41 Å². The molecule has 0 saturated heterocycles. The van der Waals surface area contributed by atoms with E-state index in [9.17, 15) is 0 Å². The zero-order chi connectivity index (χ0) is 13.8. The maximum Gasteiger partial charge on any atom is 0.143 e. The predicted molar refractivity (Wildman–Crippen MR) is 79.9 cm³/mol. The van der Waals surface area contributed by atoms with Gasteiger partial charge in [0, 0.05) is 23.5 Å². The summed E-state index contributed by atoms with van der Waals surface area (Å²) in [5.41, 5.74) is 3.00. The SMILES string of the molecule is CC1(C)COc2cccc3c(C(C)(C)C)cn(c23)C1. The van der Waals surface area contributed by atoms with Crippen LogP contribution in [0.25, 0.3) is 10.9 Å². The zero-order valence-electron chi connectivity index (χ0n) is 12.6. The van der Waals surface area contributed by atoms with Crippen LogP contribution in [0.5, 0.6) is 5.75 Å². The van der Waals surface area contributed by atoms with Gasteiger partial charge in [-0.1, -0.05) is 46.8 Å². The lowest BCUT2D eigenvalue weighted by Crippen LogP contribution is -2.24. The van der Waals surface area contributed by atoms with E-state index in [4.69, 9.17) is 4.74 Å². The molecule has 2 nitrogen and oxygen atoms in total. The van der Waals surface area contributed by atoms with Gasteiger partial charge in [-0.15, -0.1) is 0 Å². The molecule has 0 unspecified atom stereocenters. The topological polar surface area (TPSA) is 14.2 Å². The lowest BCUT2D eigenvalue weighted by atomic mass is 9.87. The number of hydrogen-bond donors (Lipinski definition) is 0. The van der Waals surface area contributed by atoms with Crippen molar-refractivity contribution >= 4 is 10.9 Å². The minimum absolute atomic E-state index is 0.158. The molecule has 0 N–H and O–H groups in total. The van der Waals surface area contributed by atoms with E-state index in [0.29, 0.717) is 0 Å². The van der Waals surface area contributed by atoms with Crippen molar-refractivity contribution in [3.8, 4) is 5.75 Å². The highest BCUT2D eigenvalue weighted by molar-refractivity contribution is 5.90. The molecule has 1 aliphatic heterocycles. The van der Waals surface area contributed by atoms with Crippen LogP contribution in [-0.4, -0.2) is 11.2 Å². The third-order valence-electron chi connectivity index (χ3n) is 3.89. The number of aromatic nitrogens is 1. The molecule has 1 aliphatic rings. The quantitative estimate of drug-likeness (QED) is 0.684. The Bertz CT molecular complexity index is 628. The van der Waals surface area contributed by atoms with Crippen molar-refractivity contribution in [2.45, 2.75) is 46.6 Å². The summed E-state index contributed by atoms with van der Waals surface area (Å²) in [6.45, 7) is 13.1. The van der Waals surface area contributed by atoms with Gasteiger partial charge in [-0.05, 0) is 17.0 Å². The van der Waals surface area contributed by atoms with Crippen LogP contribution in [-0.2, 0) is 12.0 Å². The second kappa shape index (κ2) is 3.78. The molecule has 0 spiro atoms. The van der Waals surface area contributed by atoms with Crippen molar-refractivity contribution in [3.63, 3.8) is 0 Å². The Hall–Kier alpha value is -1.44. The van der Waals surface area contributed by atoms with Crippen molar-refractivity contribution in [3.05, 3.63) is 30.0 Å². The summed E-state index contributed by atoms with van der Waals surface area (Å²) >= 11 is 0. The fraction of sp³-hybridized carbons (Fsp3) is 0.529. The summed E-state index contributed by atoms with van der Waals surface area (Å²) in [5.74, 6) is 1.03. The molecular weight excluding hydrogens is 234 g/mol. The highest BCUT2D eigenvalue weighted by Gasteiger charge is 2.28. The Morgan fingerprint density at radius 3 is 2.63 bits per heavy atom. The minimum atomic E-state index is 0.158. The number of benzene rings is 1. The van der Waals surface area contributed by atoms with Crippen molar-refractivity contribution < 1.29 is 4.74 Å². The summed E-state index contributed by atoms with van der Waals surface area (Å²) in [5, 5.41) is 1.34. The third-order valence-corrected chi connectivity index (χ3v) is 3.89. The second-order valence-electron chi connectivity index (χ2n) is 7.53. The first-order chi connectivity index (χ1) is 8.78. The summed E-state index contributed by atoms with van der Waals surface area (Å²) in [6, 6.07) is 6.42. The minimum Gasteiger partial charge on any atom is -0.491 e. The van der Waals surface area contributed by atoms with E-state index in [1.807, 2.05) is 0 Å². The van der Waals surface area contributed by atoms with Crippen LogP contribution in [0.15, 0.2) is 24.4 Å². The molecule has 0 fully saturated rings. The highest BCUT2D eigenvalue weighted by atomic mass is 16.5. The smallest absolute Gasteiger partial charge is 0.143 e. The van der Waals surface area contributed by atoms with Gasteiger partial charge in [-0.2, -0.15) is 0 Å². The molecule has 0 aliphatic carbocycles. The van der Waals surface area contributed by atoms with Crippen LogP contribution in [0.4, 0.5) is 0 Å². The van der Waals surface area contributed by atoms with Crippen molar-refractivity contribution in [1.29, 1.82) is 0 Å². The summed E-state index contributed by atoms with van der Waals surface area (Å²) in [4.78, 5) is 0. The van der Waals surface area contributed by atoms with Gasteiger partial charge in [0.1, 0.15) is 5.75 Å². The van der Waals surface area contributed by atoms with Crippen LogP contribution in [0.1, 0.15) is 40.2 Å². The lowest BCUT2D eigenvalue weighted by molar-refractivity contribution is 0.172. The Balaban J connectivity index is 2.31. The first-order valence-electron chi connectivity index (χ1n) is 7.03. The van der Waals surface area contributed by atoms with E-state index in [-0.39, 0.29) is 10.8 Å². The Morgan fingerprint density at radius 1 is 1.21 bits per heavy atom. The molecule has 0 amide bonds. The lowest BCUT2D eigenvalue weighted by Gasteiger charge is -2.23. The van der Waals surface area contributed by atoms with Crippen molar-refractivity contribution in [1.82, 2.24) is 4.57 Å². The molecule has 1 aromatic heterocycles. The van der Waals surface area contributed by atoms with E-state index in [1.165, 1.54) is 16.5 Å². The van der Waals surface area contributed by atoms with Gasteiger partial charge in [0.05, 0.1) is 12.1 Å². The van der Waals surface area contributed by atoms with Gasteiger partial charge in [0.2, 0.25) is 0 Å². The fourth-order valence-corrected chi connectivity index (χ4v) is 2.94. The normalized spacial score (nSPS) is 18.2. The fourth-order valence-electron chi connectivity index (χ4n) is 2.94. The van der Waals surface area contributed by atoms with Crippen molar-refractivity contribution in [2.24, 2.45) is 5.41 Å². The van der Waals surface area contributed by atoms with Crippen LogP contribution in [0.3, 0.4) is 0 Å². The zero-order valence-corrected chi connectivity index (χ0v) is 12.6. The largest absolute Gasteiger partial charge is 0.491 e. The van der Waals surface area contributed by atoms with E-state index in [1.54, 1.807) is 0 Å². The summed E-state index contributed by atoms with van der Waals surface area (Å²) in [6.07, 6.45) is 2.32. The molecule has 0 saturated carbocycles. The molecule has 0 bridgehead atoms. The average molecular weight is 257 g/mol. The first kappa shape index (κ1) is 12.6. The van der Waals surface area contributed by atoms with Crippen LogP contribution in [0.2, 0.25) is 0 Å². The van der Waals surface area contributed by atoms with Crippen LogP contribution < -0.4 is 4.74 Å². The second-order valence-corrected chi connectivity index (χ2v) is 7.53. The van der Waals surface area contributed by atoms with Gasteiger partial charge in [0.15, 0.2) is 0 Å². The summed E-state index contributed by atoms with van der Waals surface area (Å²) in [7, 11) is 0. The molecular formula is C17H23NO. The first-order valence-corrected chi connectivity index (χ1v) is 7.03. The predicted octanol–water partition coefficient (Wildman–Crippen LogP) is 4.36. The van der Waals surface area contributed by atoms with E-state index < -0.39 is 0 Å². The van der Waals surface area contributed by atoms with Crippen molar-refractivity contribution in [2.75, 3.05) is 6.61 Å². The standard InChI is InChI=1S/C17H23NO/c1-16(2,3)13-9-18-10-17(4,5)11-19-14-8-6-7-12(13)15(14)18/h6-9H,10-11H2,1-5H3. The Morgan fingerprint density at radius 2 is 1.95 bits per heavy atom. The van der Waals surface area contributed by atoms with E-state index in [0.717, 1.165) is 18.9 Å². The van der Waals surface area contributed by atoms with Crippen LogP contribution >= 0.6 is 0 Å². The molecule has 2 heteroatoms. The Kier molecular flexibility index (Phi) is 2.51.